The topological polar surface area (TPSA) is 82.0 Å². The van der Waals surface area contributed by atoms with Crippen LogP contribution in [0.5, 0.6) is 0 Å². The molecule has 14 heavy (non-hydrogen) atoms. The lowest BCUT2D eigenvalue weighted by atomic mass is 10.2. The maximum absolute atomic E-state index is 12.8. The van der Waals surface area contributed by atoms with Gasteiger partial charge in [-0.15, -0.1) is 0 Å². The van der Waals surface area contributed by atoms with Crippen molar-refractivity contribution < 1.29 is 18.0 Å². The third-order valence-corrected chi connectivity index (χ3v) is 1.50. The first-order valence-electron chi connectivity index (χ1n) is 3.47. The van der Waals surface area contributed by atoms with Crippen molar-refractivity contribution in [3.05, 3.63) is 23.3 Å². The van der Waals surface area contributed by atoms with Crippen molar-refractivity contribution >= 4 is 11.6 Å². The van der Waals surface area contributed by atoms with Crippen LogP contribution >= 0.6 is 0 Å². The SMILES string of the molecule is NC(=O)c1nc(F)c(C(F)F)cc1N. The van der Waals surface area contributed by atoms with Crippen molar-refractivity contribution in [2.75, 3.05) is 5.73 Å². The number of rotatable bonds is 2. The zero-order chi connectivity index (χ0) is 10.9. The minimum atomic E-state index is -3.04. The maximum atomic E-state index is 12.8. The lowest BCUT2D eigenvalue weighted by Gasteiger charge is -2.05. The molecular weight excluding hydrogens is 199 g/mol. The Hall–Kier alpha value is -1.79. The molecule has 0 aromatic carbocycles. The van der Waals surface area contributed by atoms with Crippen LogP contribution in [0.25, 0.3) is 0 Å². The molecule has 4 N–H and O–H groups in total. The second-order valence-electron chi connectivity index (χ2n) is 2.47. The minimum Gasteiger partial charge on any atom is -0.397 e. The number of pyridine rings is 1. The molecule has 1 aromatic heterocycles. The fourth-order valence-corrected chi connectivity index (χ4v) is 0.873. The van der Waals surface area contributed by atoms with Crippen LogP contribution in [-0.2, 0) is 0 Å². The highest BCUT2D eigenvalue weighted by Gasteiger charge is 2.19. The maximum Gasteiger partial charge on any atom is 0.269 e. The molecule has 0 unspecified atom stereocenters. The zero-order valence-corrected chi connectivity index (χ0v) is 6.80. The second kappa shape index (κ2) is 3.52. The molecule has 0 aliphatic carbocycles. The number of aromatic nitrogens is 1. The monoisotopic (exact) mass is 205 g/mol. The predicted octanol–water partition coefficient (Wildman–Crippen LogP) is 0.839. The first kappa shape index (κ1) is 10.3. The largest absolute Gasteiger partial charge is 0.397 e. The molecule has 1 rings (SSSR count). The van der Waals surface area contributed by atoms with Crippen molar-refractivity contribution in [2.45, 2.75) is 6.43 Å². The van der Waals surface area contributed by atoms with Gasteiger partial charge >= 0.3 is 0 Å². The van der Waals surface area contributed by atoms with E-state index in [1.165, 1.54) is 0 Å². The van der Waals surface area contributed by atoms with E-state index >= 15 is 0 Å². The van der Waals surface area contributed by atoms with Gasteiger partial charge in [-0.25, -0.2) is 13.8 Å². The fraction of sp³-hybridized carbons (Fsp3) is 0.143. The van der Waals surface area contributed by atoms with Gasteiger partial charge in [0.2, 0.25) is 5.95 Å². The number of hydrogen-bond donors (Lipinski definition) is 2. The molecule has 76 valence electrons. The van der Waals surface area contributed by atoms with Crippen molar-refractivity contribution in [2.24, 2.45) is 5.73 Å². The predicted molar refractivity (Wildman–Crippen MR) is 42.1 cm³/mol. The molecule has 0 saturated heterocycles. The molecular formula is C7H6F3N3O. The van der Waals surface area contributed by atoms with Gasteiger partial charge in [-0.2, -0.15) is 4.39 Å². The summed E-state index contributed by atoms with van der Waals surface area (Å²) in [4.78, 5) is 13.5. The number of carbonyl (C=O) groups is 1. The van der Waals surface area contributed by atoms with Crippen LogP contribution in [0, 0.1) is 5.95 Å². The summed E-state index contributed by atoms with van der Waals surface area (Å²) in [6, 6.07) is 0.646. The van der Waals surface area contributed by atoms with Crippen LogP contribution < -0.4 is 11.5 Å². The molecule has 7 heteroatoms. The van der Waals surface area contributed by atoms with Gasteiger partial charge < -0.3 is 11.5 Å². The quantitative estimate of drug-likeness (QED) is 0.702. The zero-order valence-electron chi connectivity index (χ0n) is 6.80. The molecule has 1 aromatic rings. The van der Waals surface area contributed by atoms with Gasteiger partial charge in [-0.05, 0) is 6.07 Å². The first-order chi connectivity index (χ1) is 6.43. The van der Waals surface area contributed by atoms with Crippen LogP contribution in [0.3, 0.4) is 0 Å². The summed E-state index contributed by atoms with van der Waals surface area (Å²) in [5, 5.41) is 0. The fourth-order valence-electron chi connectivity index (χ4n) is 0.873. The Morgan fingerprint density at radius 2 is 2.07 bits per heavy atom. The van der Waals surface area contributed by atoms with Crippen molar-refractivity contribution in [3.8, 4) is 0 Å². The summed E-state index contributed by atoms with van der Waals surface area (Å²) in [5.41, 5.74) is 8.07. The van der Waals surface area contributed by atoms with E-state index in [2.05, 4.69) is 4.98 Å². The molecule has 0 aliphatic rings. The third kappa shape index (κ3) is 1.76. The Morgan fingerprint density at radius 1 is 1.50 bits per heavy atom. The molecule has 0 aliphatic heterocycles. The normalized spacial score (nSPS) is 10.6. The minimum absolute atomic E-state index is 0.366. The summed E-state index contributed by atoms with van der Waals surface area (Å²) in [6.45, 7) is 0. The van der Waals surface area contributed by atoms with E-state index in [1.807, 2.05) is 0 Å². The van der Waals surface area contributed by atoms with E-state index in [1.54, 1.807) is 0 Å². The Bertz CT molecular complexity index is 381. The Labute approximate surface area is 76.7 Å². The molecule has 0 saturated carbocycles. The number of alkyl halides is 2. The first-order valence-corrected chi connectivity index (χ1v) is 3.47. The van der Waals surface area contributed by atoms with Crippen molar-refractivity contribution in [3.63, 3.8) is 0 Å². The van der Waals surface area contributed by atoms with E-state index in [4.69, 9.17) is 11.5 Å². The molecule has 0 bridgehead atoms. The molecule has 0 radical (unpaired) electrons. The van der Waals surface area contributed by atoms with Gasteiger partial charge in [-0.3, -0.25) is 4.79 Å². The number of nitrogens with zero attached hydrogens (tertiary/aromatic N) is 1. The van der Waals surface area contributed by atoms with Crippen LogP contribution in [0.4, 0.5) is 18.9 Å². The number of anilines is 1. The summed E-state index contributed by atoms with van der Waals surface area (Å²) in [7, 11) is 0. The second-order valence-corrected chi connectivity index (χ2v) is 2.47. The van der Waals surface area contributed by atoms with Gasteiger partial charge in [0.15, 0.2) is 5.69 Å². The number of nitrogens with two attached hydrogens (primary N) is 2. The lowest BCUT2D eigenvalue weighted by molar-refractivity contribution is 0.0993. The smallest absolute Gasteiger partial charge is 0.269 e. The Morgan fingerprint density at radius 3 is 2.50 bits per heavy atom. The number of amides is 1. The van der Waals surface area contributed by atoms with Gasteiger partial charge in [0.05, 0.1) is 11.3 Å². The third-order valence-electron chi connectivity index (χ3n) is 1.50. The number of halogens is 3. The summed E-state index contributed by atoms with van der Waals surface area (Å²) < 4.78 is 37.0. The van der Waals surface area contributed by atoms with E-state index in [0.29, 0.717) is 6.07 Å². The summed E-state index contributed by atoms with van der Waals surface area (Å²) in [6.07, 6.45) is -3.04. The highest BCUT2D eigenvalue weighted by molar-refractivity contribution is 5.95. The average molecular weight is 205 g/mol. The average Bonchev–Trinajstić information content (AvgIpc) is 2.07. The molecule has 1 heterocycles. The van der Waals surface area contributed by atoms with Crippen molar-refractivity contribution in [1.82, 2.24) is 4.98 Å². The molecule has 4 nitrogen and oxygen atoms in total. The standard InChI is InChI=1S/C7H6F3N3O/c8-5(9)2-1-3(11)4(7(12)14)13-6(2)10/h1,5H,11H2,(H2,12,14). The molecule has 0 spiro atoms. The van der Waals surface area contributed by atoms with E-state index in [-0.39, 0.29) is 5.69 Å². The van der Waals surface area contributed by atoms with Crippen LogP contribution in [-0.4, -0.2) is 10.9 Å². The van der Waals surface area contributed by atoms with Gasteiger partial charge in [0.25, 0.3) is 12.3 Å². The Balaban J connectivity index is 3.31. The van der Waals surface area contributed by atoms with E-state index < -0.39 is 29.5 Å². The lowest BCUT2D eigenvalue weighted by Crippen LogP contribution is -2.17. The number of carbonyl (C=O) groups excluding carboxylic acids is 1. The van der Waals surface area contributed by atoms with Crippen molar-refractivity contribution in [1.29, 1.82) is 0 Å². The summed E-state index contributed by atoms with van der Waals surface area (Å²) >= 11 is 0. The van der Waals surface area contributed by atoms with Gasteiger partial charge in [-0.1, -0.05) is 0 Å². The number of nitrogen functional groups attached to an aromatic ring is 1. The number of hydrogen-bond acceptors (Lipinski definition) is 3. The van der Waals surface area contributed by atoms with E-state index in [9.17, 15) is 18.0 Å². The Kier molecular flexibility index (Phi) is 2.59. The molecule has 0 fully saturated rings. The molecule has 1 amide bonds. The highest BCUT2D eigenvalue weighted by atomic mass is 19.3. The number of primary amides is 1. The van der Waals surface area contributed by atoms with Crippen LogP contribution in [0.15, 0.2) is 6.07 Å². The summed E-state index contributed by atoms with van der Waals surface area (Å²) in [5.74, 6) is -2.51. The van der Waals surface area contributed by atoms with Gasteiger partial charge in [0, 0.05) is 0 Å². The highest BCUT2D eigenvalue weighted by Crippen LogP contribution is 2.24. The van der Waals surface area contributed by atoms with Crippen LogP contribution in [0.1, 0.15) is 22.5 Å². The van der Waals surface area contributed by atoms with E-state index in [0.717, 1.165) is 0 Å². The van der Waals surface area contributed by atoms with Crippen LogP contribution in [0.2, 0.25) is 0 Å². The van der Waals surface area contributed by atoms with Gasteiger partial charge in [0.1, 0.15) is 0 Å². The molecule has 0 atom stereocenters.